The Hall–Kier alpha value is -2.22. The molecule has 3 fully saturated rings. The van der Waals surface area contributed by atoms with Crippen LogP contribution in [0.5, 0.6) is 0 Å². The lowest BCUT2D eigenvalue weighted by Crippen LogP contribution is -2.50. The first-order valence-corrected chi connectivity index (χ1v) is 11.3. The number of carbonyl (C=O) groups is 1. The minimum Gasteiger partial charge on any atom is -0.341 e. The first-order valence-electron chi connectivity index (χ1n) is 11.3. The van der Waals surface area contributed by atoms with Gasteiger partial charge in [0, 0.05) is 55.8 Å². The summed E-state index contributed by atoms with van der Waals surface area (Å²) in [4.78, 5) is 22.3. The van der Waals surface area contributed by atoms with Crippen molar-refractivity contribution in [3.8, 4) is 0 Å². The van der Waals surface area contributed by atoms with Crippen LogP contribution in [0.4, 0.5) is 0 Å². The molecular weight excluding hydrogens is 378 g/mol. The average molecular weight is 412 g/mol. The molecule has 8 heteroatoms. The van der Waals surface area contributed by atoms with Crippen LogP contribution in [0.25, 0.3) is 0 Å². The average Bonchev–Trinajstić information content (AvgIpc) is 3.28. The molecule has 1 saturated carbocycles. The number of hydrogen-bond acceptors (Lipinski definition) is 5. The molecule has 4 heterocycles. The Bertz CT molecular complexity index is 959. The Kier molecular flexibility index (Phi) is 4.72. The molecular formula is C22H33N7O. The Balaban J connectivity index is 1.39. The zero-order valence-corrected chi connectivity index (χ0v) is 18.6. The van der Waals surface area contributed by atoms with E-state index in [0.717, 1.165) is 75.9 Å². The lowest BCUT2D eigenvalue weighted by atomic mass is 9.72. The van der Waals surface area contributed by atoms with Crippen molar-refractivity contribution in [3.05, 3.63) is 28.6 Å². The Morgan fingerprint density at radius 1 is 1.23 bits per heavy atom. The molecule has 30 heavy (non-hydrogen) atoms. The predicted octanol–water partition coefficient (Wildman–Crippen LogP) is 1.96. The molecule has 0 spiro atoms. The molecule has 3 aliphatic rings. The van der Waals surface area contributed by atoms with Crippen LogP contribution in [0.1, 0.15) is 54.8 Å². The fraction of sp³-hybridized carbons (Fsp3) is 0.727. The number of piperidine rings is 1. The summed E-state index contributed by atoms with van der Waals surface area (Å²) in [5.41, 5.74) is 3.63. The summed E-state index contributed by atoms with van der Waals surface area (Å²) >= 11 is 0. The molecule has 2 aromatic heterocycles. The molecule has 162 valence electrons. The molecule has 1 amide bonds. The van der Waals surface area contributed by atoms with E-state index in [2.05, 4.69) is 45.5 Å². The maximum Gasteiger partial charge on any atom is 0.225 e. The molecule has 0 bridgehead atoms. The maximum atomic E-state index is 12.9. The topological polar surface area (TPSA) is 82.9 Å². The maximum absolute atomic E-state index is 12.9. The summed E-state index contributed by atoms with van der Waals surface area (Å²) in [5, 5.41) is 12.3. The van der Waals surface area contributed by atoms with Crippen molar-refractivity contribution in [3.63, 3.8) is 0 Å². The van der Waals surface area contributed by atoms with Gasteiger partial charge in [0.2, 0.25) is 5.91 Å². The van der Waals surface area contributed by atoms with Gasteiger partial charge >= 0.3 is 0 Å². The van der Waals surface area contributed by atoms with Gasteiger partial charge in [-0.2, -0.15) is 10.2 Å². The number of nitrogens with one attached hydrogen (secondary N) is 1. The normalized spacial score (nSPS) is 26.9. The number of rotatable bonds is 5. The monoisotopic (exact) mass is 411 g/mol. The standard InChI is InChI=1S/C22H33N7O/c1-5-29-15(3)19(14(2)26-29)12-27-9-8-22(21-23-16(4)24-25-21)13-28(11-18(22)10-27)20(30)17-6-7-17/h17-18H,5-13H2,1-4H3,(H,23,24,25)/t18-,22-/m1/s1. The Labute approximate surface area is 178 Å². The molecule has 2 atom stereocenters. The van der Waals surface area contributed by atoms with E-state index in [1.807, 2.05) is 6.92 Å². The molecule has 1 N–H and O–H groups in total. The molecule has 2 aromatic rings. The van der Waals surface area contributed by atoms with E-state index in [0.29, 0.717) is 11.8 Å². The van der Waals surface area contributed by atoms with Gasteiger partial charge < -0.3 is 4.90 Å². The highest BCUT2D eigenvalue weighted by atomic mass is 16.2. The van der Waals surface area contributed by atoms with Gasteiger partial charge in [-0.25, -0.2) is 4.98 Å². The van der Waals surface area contributed by atoms with E-state index in [4.69, 9.17) is 10.1 Å². The van der Waals surface area contributed by atoms with Crippen LogP contribution in [0.2, 0.25) is 0 Å². The molecule has 2 saturated heterocycles. The number of carbonyl (C=O) groups excluding carboxylic acids is 1. The Morgan fingerprint density at radius 2 is 2.03 bits per heavy atom. The highest BCUT2D eigenvalue weighted by molar-refractivity contribution is 5.81. The van der Waals surface area contributed by atoms with Gasteiger partial charge in [-0.1, -0.05) is 0 Å². The van der Waals surface area contributed by atoms with Crippen LogP contribution in [0, 0.1) is 32.6 Å². The number of H-pyrrole nitrogens is 1. The second-order valence-corrected chi connectivity index (χ2v) is 9.54. The van der Waals surface area contributed by atoms with E-state index >= 15 is 0 Å². The molecule has 0 aromatic carbocycles. The first-order chi connectivity index (χ1) is 14.4. The van der Waals surface area contributed by atoms with Crippen LogP contribution in [-0.4, -0.2) is 66.8 Å². The summed E-state index contributed by atoms with van der Waals surface area (Å²) in [7, 11) is 0. The van der Waals surface area contributed by atoms with Crippen molar-refractivity contribution in [1.29, 1.82) is 0 Å². The number of aromatic nitrogens is 5. The van der Waals surface area contributed by atoms with Crippen molar-refractivity contribution < 1.29 is 4.79 Å². The number of amides is 1. The van der Waals surface area contributed by atoms with Crippen molar-refractivity contribution in [2.24, 2.45) is 11.8 Å². The zero-order valence-electron chi connectivity index (χ0n) is 18.6. The fourth-order valence-electron chi connectivity index (χ4n) is 5.58. The van der Waals surface area contributed by atoms with Gasteiger partial charge in [0.05, 0.1) is 11.1 Å². The van der Waals surface area contributed by atoms with Crippen LogP contribution >= 0.6 is 0 Å². The van der Waals surface area contributed by atoms with Gasteiger partial charge in [0.25, 0.3) is 0 Å². The minimum atomic E-state index is -0.122. The van der Waals surface area contributed by atoms with Crippen molar-refractivity contribution in [2.45, 2.75) is 65.5 Å². The summed E-state index contributed by atoms with van der Waals surface area (Å²) in [6, 6.07) is 0. The number of nitrogens with zero attached hydrogens (tertiary/aromatic N) is 6. The van der Waals surface area contributed by atoms with E-state index in [1.165, 1.54) is 11.3 Å². The SMILES string of the molecule is CCn1nc(C)c(CN2CC[C@@]3(c4n[nH]c(C)n4)CN(C(=O)C4CC4)C[C@H]3C2)c1C. The molecule has 0 radical (unpaired) electrons. The van der Waals surface area contributed by atoms with Crippen LogP contribution < -0.4 is 0 Å². The number of likely N-dealkylation sites (tertiary alicyclic amines) is 2. The van der Waals surface area contributed by atoms with Gasteiger partial charge in [0.1, 0.15) is 5.82 Å². The largest absolute Gasteiger partial charge is 0.341 e. The molecule has 5 rings (SSSR count). The van der Waals surface area contributed by atoms with Gasteiger partial charge in [-0.05, 0) is 53.5 Å². The smallest absolute Gasteiger partial charge is 0.225 e. The number of fused-ring (bicyclic) bond motifs is 1. The molecule has 1 aliphatic carbocycles. The molecule has 2 aliphatic heterocycles. The number of hydrogen-bond donors (Lipinski definition) is 1. The van der Waals surface area contributed by atoms with E-state index < -0.39 is 0 Å². The second-order valence-electron chi connectivity index (χ2n) is 9.54. The van der Waals surface area contributed by atoms with E-state index in [1.54, 1.807) is 0 Å². The quantitative estimate of drug-likeness (QED) is 0.813. The Morgan fingerprint density at radius 3 is 2.67 bits per heavy atom. The number of aromatic amines is 1. The number of aryl methyl sites for hydroxylation is 3. The molecule has 8 nitrogen and oxygen atoms in total. The van der Waals surface area contributed by atoms with E-state index in [-0.39, 0.29) is 11.3 Å². The third-order valence-electron chi connectivity index (χ3n) is 7.54. The highest BCUT2D eigenvalue weighted by Gasteiger charge is 2.55. The zero-order chi connectivity index (χ0) is 21.0. The molecule has 0 unspecified atom stereocenters. The summed E-state index contributed by atoms with van der Waals surface area (Å²) in [6.07, 6.45) is 3.10. The lowest BCUT2D eigenvalue weighted by Gasteiger charge is -2.41. The summed E-state index contributed by atoms with van der Waals surface area (Å²) in [5.74, 6) is 2.73. The van der Waals surface area contributed by atoms with Crippen molar-refractivity contribution in [2.75, 3.05) is 26.2 Å². The minimum absolute atomic E-state index is 0.122. The lowest BCUT2D eigenvalue weighted by molar-refractivity contribution is -0.131. The van der Waals surface area contributed by atoms with Crippen LogP contribution in [0.3, 0.4) is 0 Å². The second kappa shape index (κ2) is 7.18. The van der Waals surface area contributed by atoms with Gasteiger partial charge in [0.15, 0.2) is 5.82 Å². The third-order valence-corrected chi connectivity index (χ3v) is 7.54. The van der Waals surface area contributed by atoms with Crippen LogP contribution in [0.15, 0.2) is 0 Å². The van der Waals surface area contributed by atoms with Crippen molar-refractivity contribution in [1.82, 2.24) is 34.8 Å². The summed E-state index contributed by atoms with van der Waals surface area (Å²) in [6.45, 7) is 13.8. The highest BCUT2D eigenvalue weighted by Crippen LogP contribution is 2.46. The predicted molar refractivity (Wildman–Crippen MR) is 113 cm³/mol. The fourth-order valence-corrected chi connectivity index (χ4v) is 5.58. The van der Waals surface area contributed by atoms with Gasteiger partial charge in [-0.15, -0.1) is 0 Å². The van der Waals surface area contributed by atoms with Gasteiger partial charge in [-0.3, -0.25) is 19.5 Å². The summed E-state index contributed by atoms with van der Waals surface area (Å²) < 4.78 is 2.10. The van der Waals surface area contributed by atoms with Crippen molar-refractivity contribution >= 4 is 5.91 Å². The van der Waals surface area contributed by atoms with E-state index in [9.17, 15) is 4.79 Å². The first kappa shape index (κ1) is 19.7. The van der Waals surface area contributed by atoms with Crippen LogP contribution in [-0.2, 0) is 23.3 Å². The third kappa shape index (κ3) is 3.16.